The molecule has 268 valence electrons. The number of anilines is 3. The molecule has 2 aromatic carbocycles. The maximum atomic E-state index is 14.0. The maximum Gasteiger partial charge on any atom is 0.229 e. The van der Waals surface area contributed by atoms with Crippen molar-refractivity contribution in [3.63, 3.8) is 0 Å². The molecule has 0 aliphatic heterocycles. The Labute approximate surface area is 301 Å². The number of nitrogens with zero attached hydrogens (tertiary/aromatic N) is 3. The Hall–Kier alpha value is -2.96. The fraction of sp³-hybridized carbons (Fsp3) is 0.571. The molecule has 2 saturated carbocycles. The molecule has 0 bridgehead atoms. The Morgan fingerprint density at radius 1 is 0.898 bits per heavy atom. The Morgan fingerprint density at radius 2 is 1.61 bits per heavy atom. The SMILES string of the molecule is CCC(C)=C(c1ccc(CC)cc1)c1cnc(Nc2cc(F)cc(Cl)c2)nc1NC1CCC(C2CCC2)CC1.CCCCCN(C)CCC. The van der Waals surface area contributed by atoms with Gasteiger partial charge in [-0.05, 0) is 125 Å². The lowest BCUT2D eigenvalue weighted by Crippen LogP contribution is -2.32. The number of aryl methyl sites for hydroxylation is 1. The Kier molecular flexibility index (Phi) is 15.9. The zero-order valence-corrected chi connectivity index (χ0v) is 31.8. The third-order valence-corrected chi connectivity index (χ3v) is 10.7. The zero-order valence-electron chi connectivity index (χ0n) is 31.1. The summed E-state index contributed by atoms with van der Waals surface area (Å²) >= 11 is 6.09. The second kappa shape index (κ2) is 20.0. The highest BCUT2D eigenvalue weighted by atomic mass is 35.5. The van der Waals surface area contributed by atoms with Gasteiger partial charge in [-0.15, -0.1) is 0 Å². The van der Waals surface area contributed by atoms with Crippen LogP contribution in [0, 0.1) is 17.7 Å². The van der Waals surface area contributed by atoms with Crippen LogP contribution in [0.15, 0.2) is 54.2 Å². The summed E-state index contributed by atoms with van der Waals surface area (Å²) in [5, 5.41) is 7.31. The average molecular weight is 690 g/mol. The van der Waals surface area contributed by atoms with Crippen LogP contribution in [-0.2, 0) is 6.42 Å². The van der Waals surface area contributed by atoms with Crippen LogP contribution < -0.4 is 10.6 Å². The number of nitrogens with one attached hydrogen (secondary N) is 2. The molecule has 5 nitrogen and oxygen atoms in total. The molecular formula is C42H61ClFN5. The summed E-state index contributed by atoms with van der Waals surface area (Å²) in [6.07, 6.45) is 18.3. The van der Waals surface area contributed by atoms with Crippen LogP contribution in [0.3, 0.4) is 0 Å². The lowest BCUT2D eigenvalue weighted by Gasteiger charge is -2.38. The van der Waals surface area contributed by atoms with Gasteiger partial charge in [0.15, 0.2) is 0 Å². The Morgan fingerprint density at radius 3 is 2.20 bits per heavy atom. The van der Waals surface area contributed by atoms with E-state index < -0.39 is 5.82 Å². The summed E-state index contributed by atoms with van der Waals surface area (Å²) in [5.41, 5.74) is 6.48. The fourth-order valence-electron chi connectivity index (χ4n) is 7.17. The first kappa shape index (κ1) is 38.8. The molecule has 2 aliphatic rings. The smallest absolute Gasteiger partial charge is 0.229 e. The van der Waals surface area contributed by atoms with E-state index in [-0.39, 0.29) is 0 Å². The molecule has 0 amide bonds. The highest BCUT2D eigenvalue weighted by molar-refractivity contribution is 6.30. The van der Waals surface area contributed by atoms with Gasteiger partial charge < -0.3 is 15.5 Å². The predicted octanol–water partition coefficient (Wildman–Crippen LogP) is 12.1. The van der Waals surface area contributed by atoms with Crippen molar-refractivity contribution in [2.24, 2.45) is 11.8 Å². The summed E-state index contributed by atoms with van der Waals surface area (Å²) in [6.45, 7) is 13.6. The summed E-state index contributed by atoms with van der Waals surface area (Å²) in [5.74, 6) is 2.67. The number of unbranched alkanes of at least 4 members (excludes halogenated alkanes) is 2. The molecule has 2 fully saturated rings. The Balaban J connectivity index is 0.000000471. The zero-order chi connectivity index (χ0) is 35.2. The van der Waals surface area contributed by atoms with Gasteiger partial charge in [0.05, 0.1) is 0 Å². The fourth-order valence-corrected chi connectivity index (χ4v) is 7.39. The molecule has 2 N–H and O–H groups in total. The van der Waals surface area contributed by atoms with Crippen LogP contribution in [0.5, 0.6) is 0 Å². The highest BCUT2D eigenvalue weighted by Crippen LogP contribution is 2.42. The van der Waals surface area contributed by atoms with Gasteiger partial charge in [-0.2, -0.15) is 4.98 Å². The number of hydrogen-bond acceptors (Lipinski definition) is 5. The van der Waals surface area contributed by atoms with Crippen LogP contribution in [0.1, 0.15) is 128 Å². The molecule has 3 aromatic rings. The largest absolute Gasteiger partial charge is 0.367 e. The molecule has 5 rings (SSSR count). The second-order valence-corrected chi connectivity index (χ2v) is 14.7. The van der Waals surface area contributed by atoms with Crippen molar-refractivity contribution in [2.75, 3.05) is 30.8 Å². The third-order valence-electron chi connectivity index (χ3n) is 10.5. The molecule has 0 radical (unpaired) electrons. The van der Waals surface area contributed by atoms with E-state index in [1.165, 1.54) is 105 Å². The van der Waals surface area contributed by atoms with E-state index in [0.29, 0.717) is 22.7 Å². The molecular weight excluding hydrogens is 629 g/mol. The van der Waals surface area contributed by atoms with Crippen LogP contribution in [-0.4, -0.2) is 41.0 Å². The number of rotatable bonds is 15. The Bertz CT molecular complexity index is 1440. The van der Waals surface area contributed by atoms with Gasteiger partial charge in [-0.25, -0.2) is 9.37 Å². The summed E-state index contributed by atoms with van der Waals surface area (Å²) in [4.78, 5) is 12.1. The molecule has 0 spiro atoms. The average Bonchev–Trinajstić information content (AvgIpc) is 3.06. The normalized spacial score (nSPS) is 18.3. The van der Waals surface area contributed by atoms with Crippen molar-refractivity contribution in [3.05, 3.63) is 81.8 Å². The van der Waals surface area contributed by atoms with Crippen molar-refractivity contribution >= 4 is 34.6 Å². The van der Waals surface area contributed by atoms with Crippen LogP contribution in [0.2, 0.25) is 5.02 Å². The minimum Gasteiger partial charge on any atom is -0.367 e. The lowest BCUT2D eigenvalue weighted by molar-refractivity contribution is 0.157. The molecule has 1 heterocycles. The van der Waals surface area contributed by atoms with Crippen molar-refractivity contribution in [1.82, 2.24) is 14.9 Å². The number of allylic oxidation sites excluding steroid dienone is 1. The van der Waals surface area contributed by atoms with Gasteiger partial charge >= 0.3 is 0 Å². The number of benzene rings is 2. The maximum absolute atomic E-state index is 14.0. The second-order valence-electron chi connectivity index (χ2n) is 14.3. The number of hydrogen-bond donors (Lipinski definition) is 2. The molecule has 49 heavy (non-hydrogen) atoms. The monoisotopic (exact) mass is 689 g/mol. The molecule has 0 atom stereocenters. The number of halogens is 2. The number of aromatic nitrogens is 2. The third kappa shape index (κ3) is 11.8. The van der Waals surface area contributed by atoms with E-state index in [1.54, 1.807) is 6.07 Å². The first-order valence-electron chi connectivity index (χ1n) is 19.1. The topological polar surface area (TPSA) is 53.1 Å². The van der Waals surface area contributed by atoms with Crippen LogP contribution >= 0.6 is 11.6 Å². The summed E-state index contributed by atoms with van der Waals surface area (Å²) in [7, 11) is 2.21. The van der Waals surface area contributed by atoms with E-state index >= 15 is 0 Å². The van der Waals surface area contributed by atoms with Gasteiger partial charge in [0.1, 0.15) is 11.6 Å². The first-order valence-corrected chi connectivity index (χ1v) is 19.5. The molecule has 2 aliphatic carbocycles. The molecule has 1 aromatic heterocycles. The molecule has 7 heteroatoms. The van der Waals surface area contributed by atoms with E-state index in [2.05, 4.69) is 86.4 Å². The minimum absolute atomic E-state index is 0.329. The van der Waals surface area contributed by atoms with Crippen molar-refractivity contribution in [2.45, 2.75) is 124 Å². The van der Waals surface area contributed by atoms with Gasteiger partial charge in [0.25, 0.3) is 0 Å². The quantitative estimate of drug-likeness (QED) is 0.156. The summed E-state index contributed by atoms with van der Waals surface area (Å²) < 4.78 is 14.0. The minimum atomic E-state index is -0.400. The predicted molar refractivity (Wildman–Crippen MR) is 209 cm³/mol. The lowest BCUT2D eigenvalue weighted by atomic mass is 9.69. The van der Waals surface area contributed by atoms with Gasteiger partial charge in [0.2, 0.25) is 5.95 Å². The standard InChI is InChI=1S/C33H40ClFN4.C9H21N/c1-4-21(3)31(25-11-9-22(5-2)10-12-25)30-20-36-33(38-29-18-26(34)17-27(35)19-29)39-32(30)37-28-15-13-24(14-16-28)23-7-6-8-23;1-4-6-7-9-10(3)8-5-2/h9-12,17-20,23-24,28H,4-8,13-16H2,1-3H3,(H2,36,37,38,39);4-9H2,1-3H3. The highest BCUT2D eigenvalue weighted by Gasteiger charge is 2.31. The van der Waals surface area contributed by atoms with Crippen molar-refractivity contribution in [3.8, 4) is 0 Å². The van der Waals surface area contributed by atoms with Gasteiger partial charge in [-0.1, -0.05) is 101 Å². The van der Waals surface area contributed by atoms with Crippen molar-refractivity contribution in [1.29, 1.82) is 0 Å². The van der Waals surface area contributed by atoms with E-state index in [4.69, 9.17) is 16.6 Å². The van der Waals surface area contributed by atoms with Crippen molar-refractivity contribution < 1.29 is 4.39 Å². The first-order chi connectivity index (χ1) is 23.7. The molecule has 0 saturated heterocycles. The van der Waals surface area contributed by atoms with Gasteiger partial charge in [-0.3, -0.25) is 0 Å². The van der Waals surface area contributed by atoms with Gasteiger partial charge in [0, 0.05) is 28.5 Å². The van der Waals surface area contributed by atoms with Crippen LogP contribution in [0.4, 0.5) is 21.8 Å². The molecule has 0 unspecified atom stereocenters. The van der Waals surface area contributed by atoms with E-state index in [0.717, 1.165) is 48.9 Å². The van der Waals surface area contributed by atoms with Crippen LogP contribution in [0.25, 0.3) is 5.57 Å². The summed E-state index contributed by atoms with van der Waals surface area (Å²) in [6, 6.07) is 13.6. The van der Waals surface area contributed by atoms with E-state index in [9.17, 15) is 4.39 Å². The van der Waals surface area contributed by atoms with E-state index in [1.807, 2.05) is 6.20 Å².